The van der Waals surface area contributed by atoms with E-state index in [1.807, 2.05) is 6.07 Å². The summed E-state index contributed by atoms with van der Waals surface area (Å²) in [5.41, 5.74) is 3.39. The number of hydrogen-bond acceptors (Lipinski definition) is 4. The Bertz CT molecular complexity index is 835. The lowest BCUT2D eigenvalue weighted by atomic mass is 9.49. The van der Waals surface area contributed by atoms with Crippen LogP contribution in [0.15, 0.2) is 18.7 Å². The minimum absolute atomic E-state index is 0.00528. The standard InChI is InChI=1S/C22H26O4/c1-12-18-15(26-20(12)24)8-7-14-19(18)16(25-13(2)23)11-17-21(3,4)9-6-10-22(14,17)5/h7-8,16-17H,1,6,9-11H2,2-5H3/t16-,17-,22+/m0/s1. The third-order valence-corrected chi connectivity index (χ3v) is 6.88. The third-order valence-electron chi connectivity index (χ3n) is 6.88. The van der Waals surface area contributed by atoms with Crippen molar-refractivity contribution in [2.24, 2.45) is 11.3 Å². The Balaban J connectivity index is 1.96. The molecule has 1 fully saturated rings. The SMILES string of the molecule is C=C1C(=O)Oc2ccc3c(c21)[C@@H](OC(C)=O)C[C@H]1C(C)(C)CCC[C@]31C. The molecule has 4 heteroatoms. The number of carbonyl (C=O) groups excluding carboxylic acids is 2. The van der Waals surface area contributed by atoms with Gasteiger partial charge in [0.05, 0.1) is 5.57 Å². The lowest BCUT2D eigenvalue weighted by Crippen LogP contribution is -2.49. The zero-order chi connectivity index (χ0) is 18.9. The molecular weight excluding hydrogens is 328 g/mol. The highest BCUT2D eigenvalue weighted by atomic mass is 16.5. The summed E-state index contributed by atoms with van der Waals surface area (Å²) in [6.07, 6.45) is 3.86. The fraction of sp³-hybridized carbons (Fsp3) is 0.545. The first-order valence-corrected chi connectivity index (χ1v) is 9.41. The Kier molecular flexibility index (Phi) is 3.63. The molecule has 0 aromatic heterocycles. The summed E-state index contributed by atoms with van der Waals surface area (Å²) in [6, 6.07) is 3.95. The summed E-state index contributed by atoms with van der Waals surface area (Å²) in [6.45, 7) is 12.4. The number of rotatable bonds is 1. The molecule has 138 valence electrons. The first-order valence-electron chi connectivity index (χ1n) is 9.41. The molecule has 26 heavy (non-hydrogen) atoms. The van der Waals surface area contributed by atoms with E-state index in [0.29, 0.717) is 17.2 Å². The van der Waals surface area contributed by atoms with E-state index < -0.39 is 5.97 Å². The van der Waals surface area contributed by atoms with E-state index in [1.165, 1.54) is 25.3 Å². The molecule has 0 unspecified atom stereocenters. The van der Waals surface area contributed by atoms with Gasteiger partial charge in [-0.05, 0) is 47.6 Å². The minimum Gasteiger partial charge on any atom is -0.458 e. The Morgan fingerprint density at radius 1 is 1.27 bits per heavy atom. The molecule has 1 aromatic rings. The van der Waals surface area contributed by atoms with Crippen molar-refractivity contribution in [3.8, 4) is 5.75 Å². The van der Waals surface area contributed by atoms with Crippen LogP contribution in [-0.4, -0.2) is 11.9 Å². The molecule has 1 saturated carbocycles. The molecule has 0 spiro atoms. The molecule has 1 aromatic carbocycles. The maximum atomic E-state index is 12.1. The minimum atomic E-state index is -0.411. The Morgan fingerprint density at radius 3 is 2.69 bits per heavy atom. The summed E-state index contributed by atoms with van der Waals surface area (Å²) >= 11 is 0. The lowest BCUT2D eigenvalue weighted by molar-refractivity contribution is -0.150. The van der Waals surface area contributed by atoms with E-state index >= 15 is 0 Å². The van der Waals surface area contributed by atoms with Gasteiger partial charge in [0.15, 0.2) is 0 Å². The number of fused-ring (bicyclic) bond motifs is 5. The van der Waals surface area contributed by atoms with Crippen molar-refractivity contribution in [2.75, 3.05) is 0 Å². The van der Waals surface area contributed by atoms with Gasteiger partial charge in [0.25, 0.3) is 0 Å². The second-order valence-corrected chi connectivity index (χ2v) is 8.91. The molecular formula is C22H26O4. The van der Waals surface area contributed by atoms with Crippen LogP contribution in [0.2, 0.25) is 0 Å². The summed E-state index contributed by atoms with van der Waals surface area (Å²) in [5.74, 6) is 0.232. The zero-order valence-corrected chi connectivity index (χ0v) is 16.0. The summed E-state index contributed by atoms with van der Waals surface area (Å²) in [7, 11) is 0. The Hall–Kier alpha value is -2.10. The molecule has 0 bridgehead atoms. The topological polar surface area (TPSA) is 52.6 Å². The molecule has 4 rings (SSSR count). The average molecular weight is 354 g/mol. The van der Waals surface area contributed by atoms with Crippen LogP contribution < -0.4 is 4.74 Å². The van der Waals surface area contributed by atoms with Gasteiger partial charge in [-0.1, -0.05) is 39.8 Å². The first-order chi connectivity index (χ1) is 12.1. The van der Waals surface area contributed by atoms with Crippen molar-refractivity contribution in [3.05, 3.63) is 35.4 Å². The van der Waals surface area contributed by atoms with Crippen molar-refractivity contribution in [2.45, 2.75) is 64.9 Å². The number of hydrogen-bond donors (Lipinski definition) is 0. The normalized spacial score (nSPS) is 31.5. The highest BCUT2D eigenvalue weighted by Gasteiger charge is 2.54. The zero-order valence-electron chi connectivity index (χ0n) is 16.0. The van der Waals surface area contributed by atoms with Crippen LogP contribution in [0, 0.1) is 11.3 Å². The van der Waals surface area contributed by atoms with Crippen molar-refractivity contribution >= 4 is 17.5 Å². The van der Waals surface area contributed by atoms with Crippen molar-refractivity contribution in [1.29, 1.82) is 0 Å². The Labute approximate surface area is 154 Å². The van der Waals surface area contributed by atoms with Gasteiger partial charge in [-0.3, -0.25) is 4.79 Å². The highest BCUT2D eigenvalue weighted by molar-refractivity contribution is 6.21. The quantitative estimate of drug-likeness (QED) is 0.416. The number of esters is 2. The van der Waals surface area contributed by atoms with Gasteiger partial charge in [0.2, 0.25) is 0 Å². The van der Waals surface area contributed by atoms with Gasteiger partial charge in [0.1, 0.15) is 11.9 Å². The van der Waals surface area contributed by atoms with Gasteiger partial charge >= 0.3 is 11.9 Å². The third kappa shape index (κ3) is 2.27. The smallest absolute Gasteiger partial charge is 0.343 e. The maximum Gasteiger partial charge on any atom is 0.343 e. The van der Waals surface area contributed by atoms with Gasteiger partial charge < -0.3 is 9.47 Å². The number of benzene rings is 1. The molecule has 0 radical (unpaired) electrons. The molecule has 4 nitrogen and oxygen atoms in total. The fourth-order valence-corrected chi connectivity index (χ4v) is 5.75. The summed E-state index contributed by atoms with van der Waals surface area (Å²) < 4.78 is 11.1. The molecule has 2 aliphatic carbocycles. The van der Waals surface area contributed by atoms with Crippen molar-refractivity contribution < 1.29 is 19.1 Å². The van der Waals surface area contributed by atoms with E-state index in [2.05, 4.69) is 33.4 Å². The van der Waals surface area contributed by atoms with Crippen LogP contribution >= 0.6 is 0 Å². The monoisotopic (exact) mass is 354 g/mol. The van der Waals surface area contributed by atoms with Gasteiger partial charge in [-0.25, -0.2) is 4.79 Å². The van der Waals surface area contributed by atoms with Gasteiger partial charge in [-0.15, -0.1) is 0 Å². The van der Waals surface area contributed by atoms with Crippen LogP contribution in [0.25, 0.3) is 5.57 Å². The molecule has 0 saturated heterocycles. The van der Waals surface area contributed by atoms with E-state index in [4.69, 9.17) is 9.47 Å². The van der Waals surface area contributed by atoms with Crippen LogP contribution in [-0.2, 0) is 19.7 Å². The van der Waals surface area contributed by atoms with Crippen LogP contribution in [0.3, 0.4) is 0 Å². The fourth-order valence-electron chi connectivity index (χ4n) is 5.75. The summed E-state index contributed by atoms with van der Waals surface area (Å²) in [4.78, 5) is 23.9. The average Bonchev–Trinajstić information content (AvgIpc) is 2.83. The first kappa shape index (κ1) is 17.3. The van der Waals surface area contributed by atoms with Gasteiger partial charge in [-0.2, -0.15) is 0 Å². The van der Waals surface area contributed by atoms with Gasteiger partial charge in [0, 0.05) is 18.1 Å². The second kappa shape index (κ2) is 5.45. The predicted molar refractivity (Wildman–Crippen MR) is 98.7 cm³/mol. The molecule has 1 aliphatic heterocycles. The van der Waals surface area contributed by atoms with Crippen LogP contribution in [0.1, 0.15) is 76.2 Å². The summed E-state index contributed by atoms with van der Waals surface area (Å²) in [5, 5.41) is 0. The van der Waals surface area contributed by atoms with Crippen molar-refractivity contribution in [1.82, 2.24) is 0 Å². The molecule has 3 aliphatic rings. The number of carbonyl (C=O) groups is 2. The van der Waals surface area contributed by atoms with E-state index in [0.717, 1.165) is 24.0 Å². The molecule has 1 heterocycles. The lowest BCUT2D eigenvalue weighted by Gasteiger charge is -2.55. The van der Waals surface area contributed by atoms with E-state index in [1.54, 1.807) is 0 Å². The largest absolute Gasteiger partial charge is 0.458 e. The Morgan fingerprint density at radius 2 is 2.00 bits per heavy atom. The molecule has 0 N–H and O–H groups in total. The van der Waals surface area contributed by atoms with Crippen LogP contribution in [0.4, 0.5) is 0 Å². The molecule has 0 amide bonds. The number of ether oxygens (including phenoxy) is 2. The van der Waals surface area contributed by atoms with E-state index in [9.17, 15) is 9.59 Å². The second-order valence-electron chi connectivity index (χ2n) is 8.91. The van der Waals surface area contributed by atoms with E-state index in [-0.39, 0.29) is 22.9 Å². The molecule has 3 atom stereocenters. The maximum absolute atomic E-state index is 12.1. The van der Waals surface area contributed by atoms with Crippen LogP contribution in [0.5, 0.6) is 5.75 Å². The van der Waals surface area contributed by atoms with Crippen molar-refractivity contribution in [3.63, 3.8) is 0 Å². The highest BCUT2D eigenvalue weighted by Crippen LogP contribution is 2.61. The predicted octanol–water partition coefficient (Wildman–Crippen LogP) is 4.71.